The van der Waals surface area contributed by atoms with Gasteiger partial charge >= 0.3 is 0 Å². The lowest BCUT2D eigenvalue weighted by Crippen LogP contribution is -2.65. The maximum atomic E-state index is 6.30. The van der Waals surface area contributed by atoms with Crippen LogP contribution in [0.15, 0.2) is 0 Å². The van der Waals surface area contributed by atoms with Crippen LogP contribution in [-0.4, -0.2) is 54.6 Å². The molecule has 2 fully saturated rings. The van der Waals surface area contributed by atoms with E-state index in [1.54, 1.807) is 0 Å². The molecule has 0 aromatic carbocycles. The third-order valence-corrected chi connectivity index (χ3v) is 4.04. The average Bonchev–Trinajstić information content (AvgIpc) is 2.05. The summed E-state index contributed by atoms with van der Waals surface area (Å²) >= 11 is 0. The molecule has 15 heavy (non-hydrogen) atoms. The highest BCUT2D eigenvalue weighted by molar-refractivity contribution is 4.98. The summed E-state index contributed by atoms with van der Waals surface area (Å²) in [5, 5.41) is 0. The Labute approximate surface area is 93.6 Å². The predicted octanol–water partition coefficient (Wildman–Crippen LogP) is 0.606. The van der Waals surface area contributed by atoms with Gasteiger partial charge in [0.2, 0.25) is 0 Å². The molecule has 0 spiro atoms. The summed E-state index contributed by atoms with van der Waals surface area (Å²) in [6, 6.07) is 0.430. The largest absolute Gasteiger partial charge is 0.327 e. The Balaban J connectivity index is 2.09. The van der Waals surface area contributed by atoms with E-state index >= 15 is 0 Å². The van der Waals surface area contributed by atoms with Gasteiger partial charge in [0.05, 0.1) is 0 Å². The van der Waals surface area contributed by atoms with Gasteiger partial charge in [0.15, 0.2) is 0 Å². The number of likely N-dealkylation sites (tertiary alicyclic amines) is 2. The molecule has 2 unspecified atom stereocenters. The number of fused-ring (bicyclic) bond motifs is 2. The third kappa shape index (κ3) is 2.19. The zero-order chi connectivity index (χ0) is 11.2. The first-order valence-corrected chi connectivity index (χ1v) is 6.07. The highest BCUT2D eigenvalue weighted by Gasteiger charge is 2.41. The molecule has 0 saturated carbocycles. The third-order valence-electron chi connectivity index (χ3n) is 4.04. The monoisotopic (exact) mass is 211 g/mol. The quantitative estimate of drug-likeness (QED) is 0.637. The molecule has 2 aliphatic heterocycles. The maximum absolute atomic E-state index is 6.30. The van der Waals surface area contributed by atoms with Crippen LogP contribution in [0.4, 0.5) is 0 Å². The summed E-state index contributed by atoms with van der Waals surface area (Å²) in [5.74, 6) is 1.34. The van der Waals surface area contributed by atoms with Crippen LogP contribution in [0.25, 0.3) is 0 Å². The number of nitrogens with zero attached hydrogens (tertiary/aromatic N) is 2. The summed E-state index contributed by atoms with van der Waals surface area (Å²) in [6.45, 7) is 11.6. The van der Waals surface area contributed by atoms with E-state index in [1.807, 2.05) is 0 Å². The van der Waals surface area contributed by atoms with Gasteiger partial charge in [0.1, 0.15) is 0 Å². The van der Waals surface area contributed by atoms with E-state index in [-0.39, 0.29) is 0 Å². The van der Waals surface area contributed by atoms with Gasteiger partial charge in [-0.2, -0.15) is 0 Å². The van der Waals surface area contributed by atoms with Crippen molar-refractivity contribution in [1.82, 2.24) is 9.80 Å². The number of hydrogen-bond donors (Lipinski definition) is 1. The molecule has 3 nitrogen and oxygen atoms in total. The van der Waals surface area contributed by atoms with Gasteiger partial charge in [0, 0.05) is 37.8 Å². The Kier molecular flexibility index (Phi) is 2.82. The predicted molar refractivity (Wildman–Crippen MR) is 63.8 cm³/mol. The molecule has 2 saturated heterocycles. The van der Waals surface area contributed by atoms with Crippen LogP contribution in [0.5, 0.6) is 0 Å². The van der Waals surface area contributed by atoms with Crippen molar-refractivity contribution in [3.63, 3.8) is 0 Å². The van der Waals surface area contributed by atoms with Gasteiger partial charge in [0.25, 0.3) is 0 Å². The van der Waals surface area contributed by atoms with E-state index in [0.29, 0.717) is 23.4 Å². The number of piperidine rings is 2. The number of hydrogen-bond acceptors (Lipinski definition) is 3. The van der Waals surface area contributed by atoms with Gasteiger partial charge < -0.3 is 10.6 Å². The molecule has 3 heteroatoms. The molecular weight excluding hydrogens is 186 g/mol. The lowest BCUT2D eigenvalue weighted by Gasteiger charge is -2.52. The molecule has 2 aliphatic rings. The second kappa shape index (κ2) is 3.72. The van der Waals surface area contributed by atoms with Gasteiger partial charge in [-0.05, 0) is 39.7 Å². The van der Waals surface area contributed by atoms with E-state index < -0.39 is 0 Å². The number of nitrogens with two attached hydrogens (primary N) is 1. The van der Waals surface area contributed by atoms with Crippen LogP contribution >= 0.6 is 0 Å². The van der Waals surface area contributed by atoms with Crippen molar-refractivity contribution in [3.05, 3.63) is 0 Å². The van der Waals surface area contributed by atoms with E-state index in [9.17, 15) is 0 Å². The van der Waals surface area contributed by atoms with E-state index in [4.69, 9.17) is 5.73 Å². The van der Waals surface area contributed by atoms with Crippen LogP contribution in [0, 0.1) is 11.8 Å². The van der Waals surface area contributed by atoms with Crippen LogP contribution < -0.4 is 5.73 Å². The van der Waals surface area contributed by atoms with Crippen molar-refractivity contribution in [2.75, 3.05) is 33.2 Å². The molecule has 0 radical (unpaired) electrons. The summed E-state index contributed by atoms with van der Waals surface area (Å²) < 4.78 is 0. The summed E-state index contributed by atoms with van der Waals surface area (Å²) in [4.78, 5) is 5.05. The van der Waals surface area contributed by atoms with Crippen molar-refractivity contribution < 1.29 is 0 Å². The van der Waals surface area contributed by atoms with Gasteiger partial charge in [-0.15, -0.1) is 0 Å². The molecule has 0 aromatic rings. The van der Waals surface area contributed by atoms with Crippen molar-refractivity contribution in [1.29, 1.82) is 0 Å². The van der Waals surface area contributed by atoms with Gasteiger partial charge in [-0.25, -0.2) is 0 Å². The Morgan fingerprint density at radius 3 is 1.87 bits per heavy atom. The summed E-state index contributed by atoms with van der Waals surface area (Å²) in [6.07, 6.45) is 0. The molecule has 0 amide bonds. The van der Waals surface area contributed by atoms with Crippen molar-refractivity contribution in [2.45, 2.75) is 32.4 Å². The Hall–Kier alpha value is -0.120. The smallest absolute Gasteiger partial charge is 0.0145 e. The Bertz CT molecular complexity index is 218. The fraction of sp³-hybridized carbons (Fsp3) is 1.00. The first-order chi connectivity index (χ1) is 6.88. The van der Waals surface area contributed by atoms with Crippen molar-refractivity contribution in [3.8, 4) is 0 Å². The van der Waals surface area contributed by atoms with Crippen molar-refractivity contribution >= 4 is 0 Å². The second-order valence-corrected chi connectivity index (χ2v) is 6.39. The average molecular weight is 211 g/mol. The van der Waals surface area contributed by atoms with E-state index in [0.717, 1.165) is 0 Å². The SMILES string of the molecule is CN1CC2CN(C(C)(C)C)CC(C1)C2N. The molecule has 2 bridgehead atoms. The minimum Gasteiger partial charge on any atom is -0.327 e. The normalized spacial score (nSPS) is 39.4. The van der Waals surface area contributed by atoms with Crippen LogP contribution in [0.3, 0.4) is 0 Å². The topological polar surface area (TPSA) is 32.5 Å². The summed E-state index contributed by atoms with van der Waals surface area (Å²) in [5.41, 5.74) is 6.60. The standard InChI is InChI=1S/C12H25N3/c1-12(2,3)15-7-9-5-14(4)6-10(8-15)11(9)13/h9-11H,5-8,13H2,1-4H3. The molecule has 2 atom stereocenters. The fourth-order valence-corrected chi connectivity index (χ4v) is 3.05. The highest BCUT2D eigenvalue weighted by Crippen LogP contribution is 2.30. The molecule has 2 N–H and O–H groups in total. The Morgan fingerprint density at radius 2 is 1.47 bits per heavy atom. The zero-order valence-electron chi connectivity index (χ0n) is 10.5. The van der Waals surface area contributed by atoms with Gasteiger partial charge in [-0.1, -0.05) is 0 Å². The lowest BCUT2D eigenvalue weighted by atomic mass is 9.79. The first-order valence-electron chi connectivity index (χ1n) is 6.07. The molecule has 2 rings (SSSR count). The van der Waals surface area contributed by atoms with Crippen LogP contribution in [0.1, 0.15) is 20.8 Å². The van der Waals surface area contributed by atoms with E-state index in [2.05, 4.69) is 37.6 Å². The molecule has 0 aliphatic carbocycles. The van der Waals surface area contributed by atoms with Crippen molar-refractivity contribution in [2.24, 2.45) is 17.6 Å². The summed E-state index contributed by atoms with van der Waals surface area (Å²) in [7, 11) is 2.22. The zero-order valence-corrected chi connectivity index (χ0v) is 10.5. The van der Waals surface area contributed by atoms with E-state index in [1.165, 1.54) is 26.2 Å². The lowest BCUT2D eigenvalue weighted by molar-refractivity contribution is -0.0166. The van der Waals surface area contributed by atoms with Gasteiger partial charge in [-0.3, -0.25) is 4.90 Å². The minimum absolute atomic E-state index is 0.298. The van der Waals surface area contributed by atoms with Crippen LogP contribution in [0.2, 0.25) is 0 Å². The van der Waals surface area contributed by atoms with Crippen LogP contribution in [-0.2, 0) is 0 Å². The fourth-order valence-electron chi connectivity index (χ4n) is 3.05. The molecule has 0 aromatic heterocycles. The molecule has 2 heterocycles. The highest BCUT2D eigenvalue weighted by atomic mass is 15.2. The second-order valence-electron chi connectivity index (χ2n) is 6.39. The Morgan fingerprint density at radius 1 is 1.00 bits per heavy atom. The molecule has 88 valence electrons. The first kappa shape index (κ1) is 11.4. The molecular formula is C12H25N3. The number of rotatable bonds is 0. The maximum Gasteiger partial charge on any atom is 0.0145 e. The minimum atomic E-state index is 0.298.